The molecule has 0 amide bonds. The maximum atomic E-state index is 13.0. The molecule has 0 aliphatic heterocycles. The van der Waals surface area contributed by atoms with Gasteiger partial charge in [0.05, 0.1) is 29.6 Å². The minimum Gasteiger partial charge on any atom is -0.508 e. The number of para-hydroxylation sites is 2. The first-order chi connectivity index (χ1) is 15.2. The first-order valence-electron chi connectivity index (χ1n) is 8.96. The number of nitro benzene ring substituents is 1. The Bertz CT molecular complexity index is 1290. The van der Waals surface area contributed by atoms with Crippen molar-refractivity contribution in [3.8, 4) is 17.2 Å². The summed E-state index contributed by atoms with van der Waals surface area (Å²) in [4.78, 5) is 10.0. The predicted molar refractivity (Wildman–Crippen MR) is 118 cm³/mol. The van der Waals surface area contributed by atoms with Crippen LogP contribution in [0.2, 0.25) is 0 Å². The van der Waals surface area contributed by atoms with Gasteiger partial charge in [-0.2, -0.15) is 5.10 Å². The Hall–Kier alpha value is -4.32. The Morgan fingerprint density at radius 1 is 1.06 bits per heavy atom. The standard InChI is InChI=1S/C20H18N4O7S/c1-31-19-5-3-2-4-16(19)23-32(29,30)20-10-14(24(27)28)7-9-17(20)22-21-12-13-6-8-15(25)11-18(13)26/h2-12,22-23,25-26H,1H3. The number of hydrazone groups is 1. The number of methoxy groups -OCH3 is 1. The quantitative estimate of drug-likeness (QED) is 0.227. The van der Waals surface area contributed by atoms with Crippen LogP contribution in [0.15, 0.2) is 70.7 Å². The molecule has 4 N–H and O–H groups in total. The van der Waals surface area contributed by atoms with E-state index in [4.69, 9.17) is 4.74 Å². The van der Waals surface area contributed by atoms with E-state index >= 15 is 0 Å². The number of phenolic OH excluding ortho intramolecular Hbond substituents is 2. The molecule has 11 nitrogen and oxygen atoms in total. The molecule has 3 aromatic carbocycles. The van der Waals surface area contributed by atoms with Gasteiger partial charge in [-0.15, -0.1) is 0 Å². The second-order valence-corrected chi connectivity index (χ2v) is 8.01. The molecule has 0 heterocycles. The summed E-state index contributed by atoms with van der Waals surface area (Å²) in [6.45, 7) is 0. The van der Waals surface area contributed by atoms with Gasteiger partial charge in [0.2, 0.25) is 0 Å². The summed E-state index contributed by atoms with van der Waals surface area (Å²) in [6.07, 6.45) is 1.19. The van der Waals surface area contributed by atoms with E-state index < -0.39 is 25.5 Å². The zero-order valence-electron chi connectivity index (χ0n) is 16.6. The fourth-order valence-electron chi connectivity index (χ4n) is 2.68. The summed E-state index contributed by atoms with van der Waals surface area (Å²) in [7, 11) is -2.92. The monoisotopic (exact) mass is 458 g/mol. The Balaban J connectivity index is 1.97. The maximum absolute atomic E-state index is 13.0. The molecule has 0 aromatic heterocycles. The van der Waals surface area contributed by atoms with Crippen LogP contribution in [0.4, 0.5) is 17.1 Å². The smallest absolute Gasteiger partial charge is 0.270 e. The van der Waals surface area contributed by atoms with E-state index in [9.17, 15) is 28.7 Å². The van der Waals surface area contributed by atoms with Crippen LogP contribution in [0, 0.1) is 10.1 Å². The van der Waals surface area contributed by atoms with Crippen molar-refractivity contribution >= 4 is 33.3 Å². The lowest BCUT2D eigenvalue weighted by molar-refractivity contribution is -0.385. The minimum absolute atomic E-state index is 0.0486. The third-order valence-corrected chi connectivity index (χ3v) is 5.62. The fraction of sp³-hybridized carbons (Fsp3) is 0.0500. The van der Waals surface area contributed by atoms with Gasteiger partial charge in [-0.05, 0) is 30.3 Å². The van der Waals surface area contributed by atoms with E-state index in [0.717, 1.165) is 18.2 Å². The average Bonchev–Trinajstić information content (AvgIpc) is 2.75. The lowest BCUT2D eigenvalue weighted by atomic mass is 10.2. The molecule has 0 aliphatic rings. The SMILES string of the molecule is COc1ccccc1NS(=O)(=O)c1cc([N+](=O)[O-])ccc1NN=Cc1ccc(O)cc1O. The third-order valence-electron chi connectivity index (χ3n) is 4.22. The molecule has 0 bridgehead atoms. The van der Waals surface area contributed by atoms with Gasteiger partial charge in [0.1, 0.15) is 22.1 Å². The molecule has 12 heteroatoms. The molecule has 0 atom stereocenters. The highest BCUT2D eigenvalue weighted by Crippen LogP contribution is 2.31. The second kappa shape index (κ2) is 9.22. The Labute approximate surface area is 182 Å². The summed E-state index contributed by atoms with van der Waals surface area (Å²) < 4.78 is 33.6. The van der Waals surface area contributed by atoms with Crippen LogP contribution in [0.3, 0.4) is 0 Å². The molecule has 0 spiro atoms. The minimum atomic E-state index is -4.29. The van der Waals surface area contributed by atoms with Gasteiger partial charge in [0.15, 0.2) is 0 Å². The van der Waals surface area contributed by atoms with E-state index in [1.54, 1.807) is 18.2 Å². The molecule has 3 rings (SSSR count). The van der Waals surface area contributed by atoms with Crippen molar-refractivity contribution in [1.29, 1.82) is 0 Å². The van der Waals surface area contributed by atoms with Crippen molar-refractivity contribution in [2.24, 2.45) is 5.10 Å². The Morgan fingerprint density at radius 2 is 1.81 bits per heavy atom. The molecule has 0 saturated carbocycles. The van der Waals surface area contributed by atoms with E-state index in [1.165, 1.54) is 37.6 Å². The number of ether oxygens (including phenoxy) is 1. The number of anilines is 2. The van der Waals surface area contributed by atoms with Crippen molar-refractivity contribution in [3.05, 3.63) is 76.3 Å². The molecule has 0 fully saturated rings. The van der Waals surface area contributed by atoms with Crippen LogP contribution in [-0.4, -0.2) is 36.9 Å². The first-order valence-corrected chi connectivity index (χ1v) is 10.4. The van der Waals surface area contributed by atoms with Gasteiger partial charge in [0, 0.05) is 23.8 Å². The Morgan fingerprint density at radius 3 is 2.50 bits per heavy atom. The number of phenols is 2. The third kappa shape index (κ3) is 5.05. The highest BCUT2D eigenvalue weighted by Gasteiger charge is 2.23. The molecular formula is C20H18N4O7S. The normalized spacial score (nSPS) is 11.3. The summed E-state index contributed by atoms with van der Waals surface area (Å²) in [5.74, 6) is -0.124. The second-order valence-electron chi connectivity index (χ2n) is 6.36. The molecular weight excluding hydrogens is 440 g/mol. The van der Waals surface area contributed by atoms with Gasteiger partial charge < -0.3 is 14.9 Å². The van der Waals surface area contributed by atoms with E-state index in [1.807, 2.05) is 0 Å². The molecule has 0 aliphatic carbocycles. The number of rotatable bonds is 8. The number of non-ortho nitro benzene ring substituents is 1. The highest BCUT2D eigenvalue weighted by atomic mass is 32.2. The van der Waals surface area contributed by atoms with E-state index in [2.05, 4.69) is 15.2 Å². The fourth-order valence-corrected chi connectivity index (χ4v) is 3.93. The number of benzene rings is 3. The van der Waals surface area contributed by atoms with E-state index in [0.29, 0.717) is 0 Å². The summed E-state index contributed by atoms with van der Waals surface area (Å²) in [5.41, 5.74) is 2.42. The van der Waals surface area contributed by atoms with E-state index in [-0.39, 0.29) is 34.2 Å². The molecule has 0 unspecified atom stereocenters. The lowest BCUT2D eigenvalue weighted by Gasteiger charge is -2.14. The summed E-state index contributed by atoms with van der Waals surface area (Å²) >= 11 is 0. The van der Waals surface area contributed by atoms with Gasteiger partial charge in [-0.25, -0.2) is 8.42 Å². The number of nitrogens with one attached hydrogen (secondary N) is 2. The van der Waals surface area contributed by atoms with Gasteiger partial charge in [0.25, 0.3) is 15.7 Å². The van der Waals surface area contributed by atoms with Crippen LogP contribution in [0.5, 0.6) is 17.2 Å². The van der Waals surface area contributed by atoms with Crippen molar-refractivity contribution in [2.45, 2.75) is 4.90 Å². The van der Waals surface area contributed by atoms with Crippen LogP contribution < -0.4 is 14.9 Å². The molecule has 32 heavy (non-hydrogen) atoms. The average molecular weight is 458 g/mol. The summed E-state index contributed by atoms with van der Waals surface area (Å²) in [5, 5.41) is 34.2. The van der Waals surface area contributed by atoms with Crippen molar-refractivity contribution in [3.63, 3.8) is 0 Å². The van der Waals surface area contributed by atoms with Crippen LogP contribution >= 0.6 is 0 Å². The first kappa shape index (κ1) is 22.4. The lowest BCUT2D eigenvalue weighted by Crippen LogP contribution is -2.15. The predicted octanol–water partition coefficient (Wildman–Crippen LogP) is 3.26. The van der Waals surface area contributed by atoms with Crippen LogP contribution in [0.1, 0.15) is 5.56 Å². The molecule has 0 radical (unpaired) electrons. The topological polar surface area (TPSA) is 163 Å². The number of sulfonamides is 1. The number of aromatic hydroxyl groups is 2. The number of nitrogens with zero attached hydrogens (tertiary/aromatic N) is 2. The molecule has 3 aromatic rings. The van der Waals surface area contributed by atoms with Crippen LogP contribution in [0.25, 0.3) is 0 Å². The van der Waals surface area contributed by atoms with Gasteiger partial charge >= 0.3 is 0 Å². The van der Waals surface area contributed by atoms with Crippen molar-refractivity contribution < 1.29 is 28.3 Å². The summed E-state index contributed by atoms with van der Waals surface area (Å²) in [6, 6.07) is 13.3. The maximum Gasteiger partial charge on any atom is 0.270 e. The number of hydrogen-bond acceptors (Lipinski definition) is 9. The molecule has 0 saturated heterocycles. The zero-order chi connectivity index (χ0) is 23.3. The zero-order valence-corrected chi connectivity index (χ0v) is 17.4. The number of nitro groups is 1. The largest absolute Gasteiger partial charge is 0.508 e. The van der Waals surface area contributed by atoms with Gasteiger partial charge in [-0.3, -0.25) is 20.3 Å². The number of hydrogen-bond donors (Lipinski definition) is 4. The van der Waals surface area contributed by atoms with Gasteiger partial charge in [-0.1, -0.05) is 12.1 Å². The molecule has 166 valence electrons. The Kier molecular flexibility index (Phi) is 6.45. The van der Waals surface area contributed by atoms with Crippen molar-refractivity contribution in [1.82, 2.24) is 0 Å². The highest BCUT2D eigenvalue weighted by molar-refractivity contribution is 7.93. The van der Waals surface area contributed by atoms with Crippen LogP contribution in [-0.2, 0) is 10.0 Å². The van der Waals surface area contributed by atoms with Crippen molar-refractivity contribution in [2.75, 3.05) is 17.3 Å².